The number of nitrogens with one attached hydrogen (secondary N) is 1. The first kappa shape index (κ1) is 16.3. The van der Waals surface area contributed by atoms with Gasteiger partial charge in [-0.1, -0.05) is 30.7 Å². The maximum Gasteiger partial charge on any atom is 0.129 e. The van der Waals surface area contributed by atoms with Gasteiger partial charge in [-0.25, -0.2) is 0 Å². The van der Waals surface area contributed by atoms with Crippen molar-refractivity contribution in [1.82, 2.24) is 5.32 Å². The molecule has 4 heteroatoms. The first-order chi connectivity index (χ1) is 10.1. The maximum absolute atomic E-state index is 6.38. The lowest BCUT2D eigenvalue weighted by Crippen LogP contribution is -2.23. The highest BCUT2D eigenvalue weighted by Gasteiger charge is 2.16. The summed E-state index contributed by atoms with van der Waals surface area (Å²) >= 11 is 8.11. The van der Waals surface area contributed by atoms with Crippen molar-refractivity contribution >= 4 is 22.9 Å². The number of thiophene rings is 1. The molecular formula is C17H22ClNOS. The molecular weight excluding hydrogens is 302 g/mol. The van der Waals surface area contributed by atoms with E-state index in [0.29, 0.717) is 0 Å². The predicted octanol–water partition coefficient (Wildman–Crippen LogP) is 5.00. The molecule has 1 aromatic heterocycles. The van der Waals surface area contributed by atoms with Gasteiger partial charge < -0.3 is 10.1 Å². The van der Waals surface area contributed by atoms with Crippen molar-refractivity contribution in [3.63, 3.8) is 0 Å². The summed E-state index contributed by atoms with van der Waals surface area (Å²) in [6.07, 6.45) is 2.00. The van der Waals surface area contributed by atoms with Crippen LogP contribution in [-0.2, 0) is 6.42 Å². The molecule has 1 aromatic carbocycles. The molecule has 0 amide bonds. The van der Waals surface area contributed by atoms with Crippen LogP contribution in [0.5, 0.6) is 5.75 Å². The van der Waals surface area contributed by atoms with Gasteiger partial charge >= 0.3 is 0 Å². The second-order valence-electron chi connectivity index (χ2n) is 5.19. The van der Waals surface area contributed by atoms with Crippen LogP contribution in [0.15, 0.2) is 29.6 Å². The van der Waals surface area contributed by atoms with Crippen molar-refractivity contribution in [2.24, 2.45) is 0 Å². The predicted molar refractivity (Wildman–Crippen MR) is 91.8 cm³/mol. The minimum Gasteiger partial charge on any atom is -0.496 e. The van der Waals surface area contributed by atoms with Gasteiger partial charge in [0.25, 0.3) is 0 Å². The number of benzene rings is 1. The Balaban J connectivity index is 2.19. The van der Waals surface area contributed by atoms with E-state index >= 15 is 0 Å². The van der Waals surface area contributed by atoms with E-state index in [9.17, 15) is 0 Å². The fourth-order valence-corrected chi connectivity index (χ4v) is 3.50. The normalized spacial score (nSPS) is 12.4. The average molecular weight is 324 g/mol. The first-order valence-electron chi connectivity index (χ1n) is 7.25. The molecule has 114 valence electrons. The van der Waals surface area contributed by atoms with Crippen LogP contribution in [0.4, 0.5) is 0 Å². The van der Waals surface area contributed by atoms with Gasteiger partial charge in [0.15, 0.2) is 0 Å². The Morgan fingerprint density at radius 2 is 2.14 bits per heavy atom. The maximum atomic E-state index is 6.38. The van der Waals surface area contributed by atoms with Crippen LogP contribution >= 0.6 is 22.9 Å². The summed E-state index contributed by atoms with van der Waals surface area (Å²) in [5, 5.41) is 6.51. The zero-order valence-corrected chi connectivity index (χ0v) is 14.4. The SMILES string of the molecule is CCCNC(Cc1ccc(C)cc1Cl)c1cc(OC)cs1. The van der Waals surface area contributed by atoms with Gasteiger partial charge in [-0.2, -0.15) is 0 Å². The second-order valence-corrected chi connectivity index (χ2v) is 6.54. The van der Waals surface area contributed by atoms with E-state index in [2.05, 4.69) is 37.4 Å². The molecule has 2 rings (SSSR count). The van der Waals surface area contributed by atoms with E-state index in [1.807, 2.05) is 11.4 Å². The number of hydrogen-bond acceptors (Lipinski definition) is 3. The van der Waals surface area contributed by atoms with Gasteiger partial charge in [-0.05, 0) is 49.6 Å². The summed E-state index contributed by atoms with van der Waals surface area (Å²) in [5.41, 5.74) is 2.38. The molecule has 0 spiro atoms. The molecule has 21 heavy (non-hydrogen) atoms. The Hall–Kier alpha value is -1.03. The number of hydrogen-bond donors (Lipinski definition) is 1. The summed E-state index contributed by atoms with van der Waals surface area (Å²) in [7, 11) is 1.71. The van der Waals surface area contributed by atoms with Crippen LogP contribution in [0.1, 0.15) is 35.4 Å². The Kier molecular flexibility index (Phi) is 6.09. The van der Waals surface area contributed by atoms with Gasteiger partial charge in [0.1, 0.15) is 5.75 Å². The summed E-state index contributed by atoms with van der Waals surface area (Å²) < 4.78 is 5.30. The second kappa shape index (κ2) is 7.83. The summed E-state index contributed by atoms with van der Waals surface area (Å²) in [5.74, 6) is 0.924. The highest BCUT2D eigenvalue weighted by molar-refractivity contribution is 7.10. The summed E-state index contributed by atoms with van der Waals surface area (Å²) in [6.45, 7) is 5.24. The molecule has 0 saturated heterocycles. The Labute approximate surface area is 136 Å². The topological polar surface area (TPSA) is 21.3 Å². The standard InChI is InChI=1S/C17H22ClNOS/c1-4-7-19-16(17-10-14(20-3)11-21-17)9-13-6-5-12(2)8-15(13)18/h5-6,8,10-11,16,19H,4,7,9H2,1-3H3. The largest absolute Gasteiger partial charge is 0.496 e. The third-order valence-corrected chi connectivity index (χ3v) is 4.82. The van der Waals surface area contributed by atoms with Gasteiger partial charge in [-0.3, -0.25) is 0 Å². The monoisotopic (exact) mass is 323 g/mol. The highest BCUT2D eigenvalue weighted by atomic mass is 35.5. The van der Waals surface area contributed by atoms with Crippen LogP contribution in [0.25, 0.3) is 0 Å². The highest BCUT2D eigenvalue weighted by Crippen LogP contribution is 2.31. The number of aryl methyl sites for hydroxylation is 1. The molecule has 1 N–H and O–H groups in total. The Morgan fingerprint density at radius 3 is 2.76 bits per heavy atom. The molecule has 2 aromatic rings. The van der Waals surface area contributed by atoms with Crippen LogP contribution in [0.3, 0.4) is 0 Å². The summed E-state index contributed by atoms with van der Waals surface area (Å²) in [4.78, 5) is 1.29. The van der Waals surface area contributed by atoms with Gasteiger partial charge in [0.05, 0.1) is 7.11 Å². The van der Waals surface area contributed by atoms with E-state index < -0.39 is 0 Å². The molecule has 0 aliphatic heterocycles. The van der Waals surface area contributed by atoms with Crippen LogP contribution in [0, 0.1) is 6.92 Å². The lowest BCUT2D eigenvalue weighted by atomic mass is 10.0. The Bertz CT molecular complexity index is 582. The first-order valence-corrected chi connectivity index (χ1v) is 8.50. The molecule has 0 aliphatic rings. The number of methoxy groups -OCH3 is 1. The van der Waals surface area contributed by atoms with Gasteiger partial charge in [0.2, 0.25) is 0 Å². The molecule has 1 atom stereocenters. The van der Waals surface area contributed by atoms with Crippen molar-refractivity contribution in [3.05, 3.63) is 50.7 Å². The lowest BCUT2D eigenvalue weighted by Gasteiger charge is -2.18. The van der Waals surface area contributed by atoms with E-state index in [1.54, 1.807) is 18.4 Å². The lowest BCUT2D eigenvalue weighted by molar-refractivity contribution is 0.415. The molecule has 2 nitrogen and oxygen atoms in total. The van der Waals surface area contributed by atoms with E-state index in [-0.39, 0.29) is 6.04 Å². The van der Waals surface area contributed by atoms with Crippen molar-refractivity contribution in [2.45, 2.75) is 32.7 Å². The van der Waals surface area contributed by atoms with Crippen molar-refractivity contribution < 1.29 is 4.74 Å². The van der Waals surface area contributed by atoms with Gasteiger partial charge in [0, 0.05) is 21.3 Å². The van der Waals surface area contributed by atoms with Crippen LogP contribution in [-0.4, -0.2) is 13.7 Å². The third kappa shape index (κ3) is 4.47. The molecule has 0 bridgehead atoms. The molecule has 0 fully saturated rings. The van der Waals surface area contributed by atoms with Crippen molar-refractivity contribution in [1.29, 1.82) is 0 Å². The third-order valence-electron chi connectivity index (χ3n) is 3.45. The van der Waals surface area contributed by atoms with Crippen molar-refractivity contribution in [2.75, 3.05) is 13.7 Å². The number of ether oxygens (including phenoxy) is 1. The fraction of sp³-hybridized carbons (Fsp3) is 0.412. The average Bonchev–Trinajstić information content (AvgIpc) is 2.94. The molecule has 1 heterocycles. The minimum absolute atomic E-state index is 0.277. The van der Waals surface area contributed by atoms with E-state index in [0.717, 1.165) is 30.2 Å². The zero-order chi connectivity index (χ0) is 15.2. The summed E-state index contributed by atoms with van der Waals surface area (Å²) in [6, 6.07) is 8.66. The minimum atomic E-state index is 0.277. The van der Waals surface area contributed by atoms with E-state index in [4.69, 9.17) is 16.3 Å². The smallest absolute Gasteiger partial charge is 0.129 e. The molecule has 0 aliphatic carbocycles. The zero-order valence-electron chi connectivity index (χ0n) is 12.8. The quantitative estimate of drug-likeness (QED) is 0.774. The number of rotatable bonds is 7. The van der Waals surface area contributed by atoms with E-state index in [1.165, 1.54) is 16.0 Å². The van der Waals surface area contributed by atoms with Crippen molar-refractivity contribution in [3.8, 4) is 5.75 Å². The van der Waals surface area contributed by atoms with Crippen LogP contribution < -0.4 is 10.1 Å². The van der Waals surface area contributed by atoms with Crippen LogP contribution in [0.2, 0.25) is 5.02 Å². The fourth-order valence-electron chi connectivity index (χ4n) is 2.25. The molecule has 0 radical (unpaired) electrons. The van der Waals surface area contributed by atoms with Gasteiger partial charge in [-0.15, -0.1) is 11.3 Å². The molecule has 0 saturated carbocycles. The number of halogens is 1. The molecule has 1 unspecified atom stereocenters. The Morgan fingerprint density at radius 1 is 1.33 bits per heavy atom.